The van der Waals surface area contributed by atoms with Gasteiger partial charge >= 0.3 is 0 Å². The number of carbonyl (C=O) groups excluding carboxylic acids is 1. The number of amides is 1. The van der Waals surface area contributed by atoms with E-state index in [1.807, 2.05) is 6.92 Å². The molecule has 1 aliphatic carbocycles. The van der Waals surface area contributed by atoms with Crippen molar-refractivity contribution in [1.29, 1.82) is 0 Å². The van der Waals surface area contributed by atoms with E-state index in [4.69, 9.17) is 5.73 Å². The lowest BCUT2D eigenvalue weighted by atomic mass is 9.96. The number of nitrogens with one attached hydrogen (secondary N) is 1. The summed E-state index contributed by atoms with van der Waals surface area (Å²) in [6.45, 7) is 8.42. The van der Waals surface area contributed by atoms with Gasteiger partial charge in [0.05, 0.1) is 5.54 Å². The zero-order chi connectivity index (χ0) is 13.1. The summed E-state index contributed by atoms with van der Waals surface area (Å²) in [6.07, 6.45) is 3.39. The number of hydrogen-bond donors (Lipinski definition) is 2. The lowest BCUT2D eigenvalue weighted by molar-refractivity contribution is -0.124. The van der Waals surface area contributed by atoms with E-state index in [1.54, 1.807) is 7.05 Å². The van der Waals surface area contributed by atoms with Crippen LogP contribution in [0.4, 0.5) is 0 Å². The fraction of sp³-hybridized carbons (Fsp3) is 0.923. The molecule has 1 fully saturated rings. The maximum absolute atomic E-state index is 11.4. The summed E-state index contributed by atoms with van der Waals surface area (Å²) in [4.78, 5) is 13.9. The largest absolute Gasteiger partial charge is 0.368 e. The predicted molar refractivity (Wildman–Crippen MR) is 70.7 cm³/mol. The van der Waals surface area contributed by atoms with Gasteiger partial charge in [-0.1, -0.05) is 13.8 Å². The van der Waals surface area contributed by atoms with Crippen molar-refractivity contribution in [2.24, 2.45) is 11.7 Å². The molecule has 3 N–H and O–H groups in total. The van der Waals surface area contributed by atoms with Gasteiger partial charge in [-0.15, -0.1) is 0 Å². The molecular formula is C13H27N3O. The number of rotatable bonds is 8. The van der Waals surface area contributed by atoms with Crippen molar-refractivity contribution in [2.45, 2.75) is 51.6 Å². The van der Waals surface area contributed by atoms with Crippen molar-refractivity contribution in [3.8, 4) is 0 Å². The average molecular weight is 241 g/mol. The molecule has 1 saturated carbocycles. The second kappa shape index (κ2) is 5.83. The molecule has 1 aliphatic rings. The molecule has 4 nitrogen and oxygen atoms in total. The summed E-state index contributed by atoms with van der Waals surface area (Å²) in [5.41, 5.74) is 4.86. The molecular weight excluding hydrogens is 214 g/mol. The van der Waals surface area contributed by atoms with Crippen molar-refractivity contribution < 1.29 is 4.79 Å². The Kier molecular flexibility index (Phi) is 4.95. The van der Waals surface area contributed by atoms with Crippen LogP contribution in [0.5, 0.6) is 0 Å². The van der Waals surface area contributed by atoms with E-state index < -0.39 is 5.54 Å². The Hall–Kier alpha value is -0.610. The van der Waals surface area contributed by atoms with E-state index in [9.17, 15) is 4.79 Å². The SMILES string of the molecule is CNC(C)(CCN(CC(C)C)C1CC1)C(N)=O. The highest BCUT2D eigenvalue weighted by molar-refractivity contribution is 5.84. The third-order valence-corrected chi connectivity index (χ3v) is 3.66. The van der Waals surface area contributed by atoms with E-state index in [-0.39, 0.29) is 5.91 Å². The van der Waals surface area contributed by atoms with Crippen LogP contribution in [-0.2, 0) is 4.79 Å². The Bertz CT molecular complexity index is 263. The van der Waals surface area contributed by atoms with Crippen molar-refractivity contribution in [3.05, 3.63) is 0 Å². The molecule has 1 rings (SSSR count). The lowest BCUT2D eigenvalue weighted by Gasteiger charge is -2.30. The van der Waals surface area contributed by atoms with Gasteiger partial charge in [0.2, 0.25) is 5.91 Å². The van der Waals surface area contributed by atoms with Crippen LogP contribution in [0.3, 0.4) is 0 Å². The van der Waals surface area contributed by atoms with Crippen LogP contribution in [0.2, 0.25) is 0 Å². The van der Waals surface area contributed by atoms with Gasteiger partial charge in [-0.05, 0) is 39.2 Å². The van der Waals surface area contributed by atoms with E-state index >= 15 is 0 Å². The molecule has 1 amide bonds. The van der Waals surface area contributed by atoms with Crippen molar-refractivity contribution in [2.75, 3.05) is 20.1 Å². The second-order valence-electron chi connectivity index (χ2n) is 5.82. The van der Waals surface area contributed by atoms with Gasteiger partial charge < -0.3 is 16.0 Å². The summed E-state index contributed by atoms with van der Waals surface area (Å²) in [5, 5.41) is 3.04. The minimum absolute atomic E-state index is 0.264. The third-order valence-electron chi connectivity index (χ3n) is 3.66. The molecule has 0 aromatic heterocycles. The van der Waals surface area contributed by atoms with E-state index in [2.05, 4.69) is 24.1 Å². The quantitative estimate of drug-likeness (QED) is 0.665. The molecule has 0 aromatic rings. The molecule has 4 heteroatoms. The summed E-state index contributed by atoms with van der Waals surface area (Å²) >= 11 is 0. The minimum Gasteiger partial charge on any atom is -0.368 e. The first-order valence-electron chi connectivity index (χ1n) is 6.62. The molecule has 0 radical (unpaired) electrons. The molecule has 17 heavy (non-hydrogen) atoms. The molecule has 0 bridgehead atoms. The van der Waals surface area contributed by atoms with Crippen LogP contribution >= 0.6 is 0 Å². The first-order chi connectivity index (χ1) is 7.89. The van der Waals surface area contributed by atoms with E-state index in [0.717, 1.165) is 25.6 Å². The monoisotopic (exact) mass is 241 g/mol. The number of primary amides is 1. The van der Waals surface area contributed by atoms with Crippen molar-refractivity contribution in [1.82, 2.24) is 10.2 Å². The molecule has 1 unspecified atom stereocenters. The molecule has 0 spiro atoms. The van der Waals surface area contributed by atoms with Gasteiger partial charge in [-0.3, -0.25) is 4.79 Å². The maximum Gasteiger partial charge on any atom is 0.237 e. The highest BCUT2D eigenvalue weighted by Crippen LogP contribution is 2.28. The molecule has 1 atom stereocenters. The van der Waals surface area contributed by atoms with Gasteiger partial charge in [0.15, 0.2) is 0 Å². The third kappa shape index (κ3) is 4.28. The summed E-state index contributed by atoms with van der Waals surface area (Å²) in [5.74, 6) is 0.408. The van der Waals surface area contributed by atoms with E-state index in [1.165, 1.54) is 12.8 Å². The molecule has 0 saturated heterocycles. The average Bonchev–Trinajstić information content (AvgIpc) is 3.06. The van der Waals surface area contributed by atoms with Gasteiger partial charge in [0, 0.05) is 19.1 Å². The number of likely N-dealkylation sites (N-methyl/N-ethyl adjacent to an activating group) is 1. The van der Waals surface area contributed by atoms with Gasteiger partial charge in [0.1, 0.15) is 0 Å². The lowest BCUT2D eigenvalue weighted by Crippen LogP contribution is -2.53. The van der Waals surface area contributed by atoms with Crippen LogP contribution in [0, 0.1) is 5.92 Å². The Morgan fingerprint density at radius 1 is 1.53 bits per heavy atom. The van der Waals surface area contributed by atoms with Gasteiger partial charge in [-0.2, -0.15) is 0 Å². The Morgan fingerprint density at radius 3 is 2.47 bits per heavy atom. The highest BCUT2D eigenvalue weighted by Gasteiger charge is 2.33. The van der Waals surface area contributed by atoms with Crippen LogP contribution in [-0.4, -0.2) is 42.5 Å². The van der Waals surface area contributed by atoms with Gasteiger partial charge in [0.25, 0.3) is 0 Å². The van der Waals surface area contributed by atoms with Crippen LogP contribution in [0.15, 0.2) is 0 Å². The number of nitrogens with two attached hydrogens (primary N) is 1. The first-order valence-corrected chi connectivity index (χ1v) is 6.62. The Morgan fingerprint density at radius 2 is 2.12 bits per heavy atom. The number of carbonyl (C=O) groups is 1. The van der Waals surface area contributed by atoms with Crippen LogP contribution in [0.25, 0.3) is 0 Å². The zero-order valence-corrected chi connectivity index (χ0v) is 11.6. The first kappa shape index (κ1) is 14.5. The van der Waals surface area contributed by atoms with Crippen molar-refractivity contribution >= 4 is 5.91 Å². The molecule has 0 aromatic carbocycles. The normalized spacial score (nSPS) is 19.6. The second-order valence-corrected chi connectivity index (χ2v) is 5.82. The topological polar surface area (TPSA) is 58.4 Å². The summed E-state index contributed by atoms with van der Waals surface area (Å²) in [6, 6.07) is 0.742. The van der Waals surface area contributed by atoms with E-state index in [0.29, 0.717) is 5.92 Å². The molecule has 0 heterocycles. The Labute approximate surface area is 105 Å². The Balaban J connectivity index is 2.47. The minimum atomic E-state index is -0.579. The zero-order valence-electron chi connectivity index (χ0n) is 11.6. The fourth-order valence-electron chi connectivity index (χ4n) is 2.07. The number of nitrogens with zero attached hydrogens (tertiary/aromatic N) is 1. The standard InChI is InChI=1S/C13H27N3O/c1-10(2)9-16(11-5-6-11)8-7-13(3,15-4)12(14)17/h10-11,15H,5-9H2,1-4H3,(H2,14,17). The van der Waals surface area contributed by atoms with Crippen LogP contribution in [0.1, 0.15) is 40.0 Å². The predicted octanol–water partition coefficient (Wildman–Crippen LogP) is 0.960. The van der Waals surface area contributed by atoms with Crippen LogP contribution < -0.4 is 11.1 Å². The number of hydrogen-bond acceptors (Lipinski definition) is 3. The molecule has 100 valence electrons. The highest BCUT2D eigenvalue weighted by atomic mass is 16.1. The summed E-state index contributed by atoms with van der Waals surface area (Å²) < 4.78 is 0. The summed E-state index contributed by atoms with van der Waals surface area (Å²) in [7, 11) is 1.80. The molecule has 0 aliphatic heterocycles. The van der Waals surface area contributed by atoms with Gasteiger partial charge in [-0.25, -0.2) is 0 Å². The fourth-order valence-corrected chi connectivity index (χ4v) is 2.07. The maximum atomic E-state index is 11.4. The van der Waals surface area contributed by atoms with Crippen molar-refractivity contribution in [3.63, 3.8) is 0 Å². The smallest absolute Gasteiger partial charge is 0.237 e.